The Balaban J connectivity index is 1.92. The van der Waals surface area contributed by atoms with Crippen molar-refractivity contribution in [1.29, 1.82) is 0 Å². The Morgan fingerprint density at radius 1 is 1.03 bits per heavy atom. The van der Waals surface area contributed by atoms with Crippen molar-refractivity contribution in [3.63, 3.8) is 0 Å². The van der Waals surface area contributed by atoms with Crippen molar-refractivity contribution in [2.75, 3.05) is 13.7 Å². The molecule has 1 heterocycles. The van der Waals surface area contributed by atoms with E-state index in [1.54, 1.807) is 26.0 Å². The molecule has 1 aliphatic rings. The summed E-state index contributed by atoms with van der Waals surface area (Å²) in [5.74, 6) is -1.13. The highest BCUT2D eigenvalue weighted by Crippen LogP contribution is 2.48. The van der Waals surface area contributed by atoms with E-state index in [1.807, 2.05) is 61.5 Å². The quantitative estimate of drug-likeness (QED) is 0.533. The lowest BCUT2D eigenvalue weighted by Crippen LogP contribution is -2.48. The first-order chi connectivity index (χ1) is 16.2. The summed E-state index contributed by atoms with van der Waals surface area (Å²) in [5, 5.41) is 5.35. The first kappa shape index (κ1) is 24.1. The Bertz CT molecular complexity index is 1260. The molecule has 3 aromatic carbocycles. The van der Waals surface area contributed by atoms with Gasteiger partial charge in [-0.15, -0.1) is 0 Å². The second kappa shape index (κ2) is 9.31. The minimum atomic E-state index is -1.83. The molecule has 0 amide bonds. The van der Waals surface area contributed by atoms with E-state index in [4.69, 9.17) is 9.47 Å². The summed E-state index contributed by atoms with van der Waals surface area (Å²) in [6.45, 7) is 5.56. The van der Waals surface area contributed by atoms with Crippen molar-refractivity contribution in [3.05, 3.63) is 77.9 Å². The molecule has 0 radical (unpaired) electrons. The van der Waals surface area contributed by atoms with Crippen molar-refractivity contribution < 1.29 is 23.3 Å². The summed E-state index contributed by atoms with van der Waals surface area (Å²) in [7, 11) is -0.546. The number of hydrogen-bond acceptors (Lipinski definition) is 6. The van der Waals surface area contributed by atoms with E-state index in [1.165, 1.54) is 7.11 Å². The van der Waals surface area contributed by atoms with E-state index < -0.39 is 39.1 Å². The van der Waals surface area contributed by atoms with Crippen LogP contribution in [0, 0.1) is 6.92 Å². The number of aryl methyl sites for hydroxylation is 1. The molecule has 0 spiro atoms. The molecule has 4 atom stereocenters. The van der Waals surface area contributed by atoms with Gasteiger partial charge in [-0.2, -0.15) is 0 Å². The third-order valence-electron chi connectivity index (χ3n) is 6.48. The van der Waals surface area contributed by atoms with Crippen molar-refractivity contribution >= 4 is 33.5 Å². The molecule has 34 heavy (non-hydrogen) atoms. The van der Waals surface area contributed by atoms with Crippen molar-refractivity contribution in [2.45, 2.75) is 48.4 Å². The molecular formula is C27H29NO5S. The molecule has 7 heteroatoms. The fourth-order valence-electron chi connectivity index (χ4n) is 4.76. The van der Waals surface area contributed by atoms with Crippen LogP contribution in [0.15, 0.2) is 71.6 Å². The number of hydrogen-bond donors (Lipinski definition) is 1. The van der Waals surface area contributed by atoms with Crippen molar-refractivity contribution in [3.8, 4) is 0 Å². The topological polar surface area (TPSA) is 81.7 Å². The molecule has 1 N–H and O–H groups in total. The van der Waals surface area contributed by atoms with Crippen LogP contribution in [0.5, 0.6) is 0 Å². The third kappa shape index (κ3) is 4.03. The summed E-state index contributed by atoms with van der Waals surface area (Å²) >= 11 is 0. The molecule has 1 saturated heterocycles. The second-order valence-electron chi connectivity index (χ2n) is 8.88. The summed E-state index contributed by atoms with van der Waals surface area (Å²) in [6, 6.07) is 20.2. The Kier molecular flexibility index (Phi) is 6.60. The zero-order valence-corrected chi connectivity index (χ0v) is 20.6. The Morgan fingerprint density at radius 2 is 1.71 bits per heavy atom. The average molecular weight is 480 g/mol. The van der Waals surface area contributed by atoms with Crippen molar-refractivity contribution in [1.82, 2.24) is 5.32 Å². The number of methoxy groups -OCH3 is 1. The molecule has 0 aliphatic carbocycles. The molecule has 6 nitrogen and oxygen atoms in total. The van der Waals surface area contributed by atoms with Gasteiger partial charge in [-0.25, -0.2) is 0 Å². The summed E-state index contributed by atoms with van der Waals surface area (Å²) in [4.78, 5) is 27.0. The minimum absolute atomic E-state index is 0.0382. The predicted octanol–water partition coefficient (Wildman–Crippen LogP) is 4.22. The van der Waals surface area contributed by atoms with Crippen LogP contribution in [0.2, 0.25) is 0 Å². The lowest BCUT2D eigenvalue weighted by molar-refractivity contribution is -0.150. The van der Waals surface area contributed by atoms with Gasteiger partial charge in [0.1, 0.15) is 5.54 Å². The molecule has 1 unspecified atom stereocenters. The fourth-order valence-corrected chi connectivity index (χ4v) is 6.63. The van der Waals surface area contributed by atoms with Crippen LogP contribution in [0.4, 0.5) is 0 Å². The first-order valence-electron chi connectivity index (χ1n) is 11.3. The van der Waals surface area contributed by atoms with Gasteiger partial charge in [-0.05, 0) is 55.3 Å². The number of nitrogens with one attached hydrogen (secondary N) is 1. The highest BCUT2D eigenvalue weighted by molar-refractivity contribution is 7.87. The van der Waals surface area contributed by atoms with Gasteiger partial charge < -0.3 is 9.47 Å². The Hall–Kier alpha value is -3.03. The van der Waals surface area contributed by atoms with Crippen LogP contribution < -0.4 is 5.32 Å². The number of fused-ring (bicyclic) bond motifs is 1. The molecular weight excluding hydrogens is 450 g/mol. The summed E-state index contributed by atoms with van der Waals surface area (Å²) < 4.78 is 23.3. The average Bonchev–Trinajstić information content (AvgIpc) is 3.19. The highest BCUT2D eigenvalue weighted by Gasteiger charge is 2.65. The predicted molar refractivity (Wildman–Crippen MR) is 132 cm³/mol. The standard InChI is InChI=1S/C27H29NO5S/c1-5-33-24(29)26(3)17-27(25(30)32-4,34(31)22-14-10-18(2)11-15-22)23(28-26)21-13-12-19-8-6-7-9-20(19)16-21/h6-16,23,28H,5,17H2,1-4H3/t23-,26+,27+,34?/m1/s1. The molecule has 4 rings (SSSR count). The maximum absolute atomic E-state index is 14.2. The molecule has 0 bridgehead atoms. The monoisotopic (exact) mass is 479 g/mol. The molecule has 3 aromatic rings. The normalized spacial score (nSPS) is 25.1. The van der Waals surface area contributed by atoms with Gasteiger partial charge in [-0.1, -0.05) is 54.1 Å². The van der Waals surface area contributed by atoms with Gasteiger partial charge in [0.05, 0.1) is 30.6 Å². The molecule has 1 aliphatic heterocycles. The van der Waals surface area contributed by atoms with Crippen LogP contribution in [0.25, 0.3) is 10.8 Å². The maximum Gasteiger partial charge on any atom is 0.327 e. The van der Waals surface area contributed by atoms with Crippen LogP contribution in [0.3, 0.4) is 0 Å². The highest BCUT2D eigenvalue weighted by atomic mass is 32.2. The van der Waals surface area contributed by atoms with Gasteiger partial charge in [0.25, 0.3) is 0 Å². The number of ether oxygens (including phenoxy) is 2. The van der Waals surface area contributed by atoms with E-state index in [0.717, 1.165) is 21.9 Å². The van der Waals surface area contributed by atoms with Gasteiger partial charge in [-0.3, -0.25) is 19.1 Å². The number of benzene rings is 3. The van der Waals surface area contributed by atoms with E-state index in [2.05, 4.69) is 5.32 Å². The SMILES string of the molecule is CCOC(=O)[C@]1(C)C[C@](C(=O)OC)(S(=O)c2ccc(C)cc2)[C@@H](c2ccc3ccccc3c2)N1. The second-order valence-corrected chi connectivity index (χ2v) is 10.6. The largest absolute Gasteiger partial charge is 0.468 e. The lowest BCUT2D eigenvalue weighted by Gasteiger charge is -2.31. The smallest absolute Gasteiger partial charge is 0.327 e. The van der Waals surface area contributed by atoms with E-state index >= 15 is 0 Å². The van der Waals surface area contributed by atoms with Crippen molar-refractivity contribution in [2.24, 2.45) is 0 Å². The zero-order chi connectivity index (χ0) is 24.5. The van der Waals surface area contributed by atoms with Crippen LogP contribution in [-0.2, 0) is 29.9 Å². The van der Waals surface area contributed by atoms with E-state index in [9.17, 15) is 13.8 Å². The van der Waals surface area contributed by atoms with E-state index in [0.29, 0.717) is 4.90 Å². The van der Waals surface area contributed by atoms with Gasteiger partial charge in [0, 0.05) is 11.3 Å². The summed E-state index contributed by atoms with van der Waals surface area (Å²) in [6.07, 6.45) is -0.0382. The molecule has 0 aromatic heterocycles. The lowest BCUT2D eigenvalue weighted by atomic mass is 9.88. The number of carbonyl (C=O) groups is 2. The first-order valence-corrected chi connectivity index (χ1v) is 12.4. The van der Waals surface area contributed by atoms with E-state index in [-0.39, 0.29) is 13.0 Å². The Labute approximate surface area is 202 Å². The van der Waals surface area contributed by atoms with Crippen LogP contribution >= 0.6 is 0 Å². The molecule has 1 fully saturated rings. The van der Waals surface area contributed by atoms with Crippen LogP contribution in [-0.4, -0.2) is 40.2 Å². The number of carbonyl (C=O) groups excluding carboxylic acids is 2. The Morgan fingerprint density at radius 3 is 2.35 bits per heavy atom. The van der Waals surface area contributed by atoms with Gasteiger partial charge in [0.15, 0.2) is 4.75 Å². The maximum atomic E-state index is 14.2. The molecule has 178 valence electrons. The number of esters is 2. The van der Waals surface area contributed by atoms with Gasteiger partial charge in [0.2, 0.25) is 0 Å². The third-order valence-corrected chi connectivity index (χ3v) is 8.38. The van der Waals surface area contributed by atoms with Crippen LogP contribution in [0.1, 0.15) is 37.4 Å². The summed E-state index contributed by atoms with van der Waals surface area (Å²) in [5.41, 5.74) is 0.526. The zero-order valence-electron chi connectivity index (χ0n) is 19.8. The minimum Gasteiger partial charge on any atom is -0.468 e. The number of rotatable bonds is 6. The fraction of sp³-hybridized carbons (Fsp3) is 0.333. The van der Waals surface area contributed by atoms with Gasteiger partial charge >= 0.3 is 11.9 Å². The molecule has 0 saturated carbocycles.